The van der Waals surface area contributed by atoms with E-state index in [1.165, 1.54) is 0 Å². The highest BCUT2D eigenvalue weighted by Gasteiger charge is 2.36. The van der Waals surface area contributed by atoms with Crippen molar-refractivity contribution in [2.75, 3.05) is 6.54 Å². The quantitative estimate of drug-likeness (QED) is 0.862. The Morgan fingerprint density at radius 2 is 2.26 bits per heavy atom. The molecule has 2 N–H and O–H groups in total. The summed E-state index contributed by atoms with van der Waals surface area (Å²) in [4.78, 5) is 18.4. The van der Waals surface area contributed by atoms with Crippen molar-refractivity contribution in [3.05, 3.63) is 26.9 Å². The van der Waals surface area contributed by atoms with Crippen LogP contribution in [-0.2, 0) is 4.79 Å². The highest BCUT2D eigenvalue weighted by Crippen LogP contribution is 2.34. The molecule has 2 heterocycles. The number of carbonyl (C=O) groups excluding carboxylic acids is 1. The summed E-state index contributed by atoms with van der Waals surface area (Å²) < 4.78 is 1.79. The number of aromatic nitrogens is 1. The van der Waals surface area contributed by atoms with Crippen molar-refractivity contribution >= 4 is 37.8 Å². The number of hydrogen-bond acceptors (Lipinski definition) is 3. The zero-order chi connectivity index (χ0) is 14.0. The summed E-state index contributed by atoms with van der Waals surface area (Å²) in [6.07, 6.45) is 3.92. The van der Waals surface area contributed by atoms with E-state index in [1.54, 1.807) is 6.20 Å². The Balaban J connectivity index is 2.39. The lowest BCUT2D eigenvalue weighted by molar-refractivity contribution is -0.137. The van der Waals surface area contributed by atoms with Gasteiger partial charge in [0.1, 0.15) is 0 Å². The predicted octanol–water partition coefficient (Wildman–Crippen LogP) is 3.01. The van der Waals surface area contributed by atoms with E-state index >= 15 is 0 Å². The minimum Gasteiger partial charge on any atom is -0.332 e. The Hall–Kier alpha value is -0.460. The second-order valence-corrected chi connectivity index (χ2v) is 6.53. The molecule has 1 aromatic rings. The third kappa shape index (κ3) is 3.17. The molecular formula is C13H17Br2N3O. The fraction of sp³-hybridized carbons (Fsp3) is 0.538. The van der Waals surface area contributed by atoms with Gasteiger partial charge in [-0.2, -0.15) is 0 Å². The number of hydrogen-bond donors (Lipinski definition) is 1. The summed E-state index contributed by atoms with van der Waals surface area (Å²) in [5.74, 6) is 0.171. The fourth-order valence-corrected chi connectivity index (χ4v) is 3.70. The number of piperidine rings is 1. The van der Waals surface area contributed by atoms with Crippen LogP contribution in [-0.4, -0.2) is 28.4 Å². The minimum atomic E-state index is -0.135. The summed E-state index contributed by atoms with van der Waals surface area (Å²) >= 11 is 6.91. The lowest BCUT2D eigenvalue weighted by Crippen LogP contribution is -2.49. The molecule has 1 aliphatic heterocycles. The summed E-state index contributed by atoms with van der Waals surface area (Å²) in [5.41, 5.74) is 7.08. The van der Waals surface area contributed by atoms with Crippen molar-refractivity contribution in [1.82, 2.24) is 9.88 Å². The van der Waals surface area contributed by atoms with Crippen molar-refractivity contribution in [3.63, 3.8) is 0 Å². The topological polar surface area (TPSA) is 59.2 Å². The maximum Gasteiger partial charge on any atom is 0.223 e. The van der Waals surface area contributed by atoms with Gasteiger partial charge in [0.05, 0.1) is 11.7 Å². The van der Waals surface area contributed by atoms with Crippen LogP contribution in [0.1, 0.15) is 37.9 Å². The van der Waals surface area contributed by atoms with E-state index in [9.17, 15) is 4.79 Å². The molecule has 0 aromatic carbocycles. The molecule has 2 atom stereocenters. The number of halogens is 2. The van der Waals surface area contributed by atoms with Gasteiger partial charge < -0.3 is 10.6 Å². The zero-order valence-electron chi connectivity index (χ0n) is 10.8. The lowest BCUT2D eigenvalue weighted by Gasteiger charge is -2.39. The summed E-state index contributed by atoms with van der Waals surface area (Å²) in [6, 6.07) is 1.75. The van der Waals surface area contributed by atoms with Crippen molar-refractivity contribution in [2.24, 2.45) is 5.73 Å². The van der Waals surface area contributed by atoms with Gasteiger partial charge in [-0.25, -0.2) is 0 Å². The van der Waals surface area contributed by atoms with Crippen LogP contribution in [0.25, 0.3) is 0 Å². The monoisotopic (exact) mass is 389 g/mol. The Kier molecular flexibility index (Phi) is 4.97. The molecule has 0 bridgehead atoms. The van der Waals surface area contributed by atoms with Crippen molar-refractivity contribution in [1.29, 1.82) is 0 Å². The average Bonchev–Trinajstić information content (AvgIpc) is 2.36. The summed E-state index contributed by atoms with van der Waals surface area (Å²) in [7, 11) is 0. The molecule has 4 nitrogen and oxygen atoms in total. The third-order valence-corrected chi connectivity index (χ3v) is 4.40. The number of carbonyl (C=O) groups is 1. The molecule has 1 saturated heterocycles. The summed E-state index contributed by atoms with van der Waals surface area (Å²) in [6.45, 7) is 2.79. The number of likely N-dealkylation sites (tertiary alicyclic amines) is 1. The van der Waals surface area contributed by atoms with E-state index in [-0.39, 0.29) is 18.0 Å². The SMILES string of the molecule is CCCN1C(=O)CCC(N)C1c1ncc(Br)cc1Br. The van der Waals surface area contributed by atoms with Crippen LogP contribution in [0.4, 0.5) is 0 Å². The first-order valence-electron chi connectivity index (χ1n) is 6.40. The standard InChI is InChI=1S/C13H17Br2N3O/c1-2-5-18-11(19)4-3-10(16)13(18)12-9(15)6-8(14)7-17-12/h6-7,10,13H,2-5,16H2,1H3. The molecule has 104 valence electrons. The maximum atomic E-state index is 12.1. The normalized spacial score (nSPS) is 23.8. The van der Waals surface area contributed by atoms with Gasteiger partial charge in [-0.1, -0.05) is 6.92 Å². The number of nitrogens with two attached hydrogens (primary N) is 1. The largest absolute Gasteiger partial charge is 0.332 e. The molecule has 0 spiro atoms. The molecule has 1 fully saturated rings. The Bertz CT molecular complexity index is 481. The van der Waals surface area contributed by atoms with Crippen LogP contribution >= 0.6 is 31.9 Å². The first kappa shape index (κ1) is 14.9. The minimum absolute atomic E-state index is 0.0609. The molecular weight excluding hydrogens is 374 g/mol. The van der Waals surface area contributed by atoms with Gasteiger partial charge in [0.15, 0.2) is 0 Å². The van der Waals surface area contributed by atoms with Crippen LogP contribution in [0.2, 0.25) is 0 Å². The van der Waals surface area contributed by atoms with Crippen LogP contribution in [0.15, 0.2) is 21.2 Å². The smallest absolute Gasteiger partial charge is 0.223 e. The zero-order valence-corrected chi connectivity index (χ0v) is 13.9. The molecule has 1 aliphatic rings. The van der Waals surface area contributed by atoms with Gasteiger partial charge in [-0.15, -0.1) is 0 Å². The Morgan fingerprint density at radius 3 is 2.89 bits per heavy atom. The molecule has 0 radical (unpaired) electrons. The van der Waals surface area contributed by atoms with E-state index in [2.05, 4.69) is 43.8 Å². The van der Waals surface area contributed by atoms with Crippen LogP contribution in [0.3, 0.4) is 0 Å². The molecule has 6 heteroatoms. The second kappa shape index (κ2) is 6.33. The van der Waals surface area contributed by atoms with Gasteiger partial charge in [-0.05, 0) is 50.8 Å². The van der Waals surface area contributed by atoms with Gasteiger partial charge in [0, 0.05) is 34.1 Å². The van der Waals surface area contributed by atoms with Gasteiger partial charge in [-0.3, -0.25) is 9.78 Å². The number of amides is 1. The first-order chi connectivity index (χ1) is 9.04. The molecule has 0 aliphatic carbocycles. The highest BCUT2D eigenvalue weighted by molar-refractivity contribution is 9.11. The predicted molar refractivity (Wildman–Crippen MR) is 81.6 cm³/mol. The number of nitrogens with zero attached hydrogens (tertiary/aromatic N) is 2. The second-order valence-electron chi connectivity index (χ2n) is 4.76. The van der Waals surface area contributed by atoms with Crippen LogP contribution in [0, 0.1) is 0 Å². The highest BCUT2D eigenvalue weighted by atomic mass is 79.9. The molecule has 1 amide bonds. The van der Waals surface area contributed by atoms with E-state index in [0.717, 1.165) is 27.6 Å². The molecule has 1 aromatic heterocycles. The van der Waals surface area contributed by atoms with Gasteiger partial charge in [0.25, 0.3) is 0 Å². The van der Waals surface area contributed by atoms with E-state index in [4.69, 9.17) is 5.73 Å². The Labute approximate surface area is 130 Å². The van der Waals surface area contributed by atoms with Crippen molar-refractivity contribution < 1.29 is 4.79 Å². The molecule has 19 heavy (non-hydrogen) atoms. The maximum absolute atomic E-state index is 12.1. The molecule has 0 saturated carbocycles. The number of rotatable bonds is 3. The van der Waals surface area contributed by atoms with Gasteiger partial charge in [0.2, 0.25) is 5.91 Å². The van der Waals surface area contributed by atoms with Crippen molar-refractivity contribution in [2.45, 2.75) is 38.3 Å². The third-order valence-electron chi connectivity index (χ3n) is 3.33. The van der Waals surface area contributed by atoms with Gasteiger partial charge >= 0.3 is 0 Å². The molecule has 2 rings (SSSR count). The fourth-order valence-electron chi connectivity index (χ4n) is 2.48. The van der Waals surface area contributed by atoms with E-state index in [1.807, 2.05) is 11.0 Å². The Morgan fingerprint density at radius 1 is 1.53 bits per heavy atom. The first-order valence-corrected chi connectivity index (χ1v) is 7.99. The van der Waals surface area contributed by atoms with Crippen LogP contribution in [0.5, 0.6) is 0 Å². The lowest BCUT2D eigenvalue weighted by atomic mass is 9.93. The van der Waals surface area contributed by atoms with Crippen LogP contribution < -0.4 is 5.73 Å². The average molecular weight is 391 g/mol. The van der Waals surface area contributed by atoms with E-state index in [0.29, 0.717) is 12.8 Å². The van der Waals surface area contributed by atoms with Crippen molar-refractivity contribution in [3.8, 4) is 0 Å². The van der Waals surface area contributed by atoms with E-state index < -0.39 is 0 Å². The molecule has 2 unspecified atom stereocenters. The summed E-state index contributed by atoms with van der Waals surface area (Å²) in [5, 5.41) is 0. The number of pyridine rings is 1.